The zero-order valence-corrected chi connectivity index (χ0v) is 11.3. The minimum Gasteiger partial charge on any atom is -0.461 e. The summed E-state index contributed by atoms with van der Waals surface area (Å²) in [6.07, 6.45) is 4.51. The molecule has 3 nitrogen and oxygen atoms in total. The first-order valence-electron chi connectivity index (χ1n) is 6.32. The molecule has 0 aliphatic carbocycles. The average molecular weight is 270 g/mol. The molecule has 1 rings (SSSR count). The molecule has 0 radical (unpaired) electrons. The van der Waals surface area contributed by atoms with Gasteiger partial charge in [-0.1, -0.05) is 36.6 Å². The molecule has 0 fully saturated rings. The van der Waals surface area contributed by atoms with Crippen molar-refractivity contribution in [2.45, 2.75) is 38.7 Å². The standard InChI is InChI=1S/C14H20ClNO2/c15-13-8-6-12(7-9-13)11-18-14(17)5-3-1-2-4-10-16/h6-9H,1-5,10-11,16H2. The molecule has 0 saturated carbocycles. The van der Waals surface area contributed by atoms with Crippen LogP contribution in [0.3, 0.4) is 0 Å². The van der Waals surface area contributed by atoms with Crippen molar-refractivity contribution in [3.63, 3.8) is 0 Å². The first-order valence-corrected chi connectivity index (χ1v) is 6.70. The van der Waals surface area contributed by atoms with Gasteiger partial charge in [-0.3, -0.25) is 4.79 Å². The largest absolute Gasteiger partial charge is 0.461 e. The van der Waals surface area contributed by atoms with Crippen LogP contribution in [0.1, 0.15) is 37.7 Å². The van der Waals surface area contributed by atoms with E-state index in [1.54, 1.807) is 12.1 Å². The second-order valence-corrected chi connectivity index (χ2v) is 4.68. The van der Waals surface area contributed by atoms with Crippen molar-refractivity contribution < 1.29 is 9.53 Å². The van der Waals surface area contributed by atoms with Crippen LogP contribution < -0.4 is 5.73 Å². The van der Waals surface area contributed by atoms with Crippen molar-refractivity contribution in [1.29, 1.82) is 0 Å². The topological polar surface area (TPSA) is 52.3 Å². The lowest BCUT2D eigenvalue weighted by molar-refractivity contribution is -0.145. The van der Waals surface area contributed by atoms with Crippen molar-refractivity contribution in [3.8, 4) is 0 Å². The van der Waals surface area contributed by atoms with Gasteiger partial charge in [-0.15, -0.1) is 0 Å². The monoisotopic (exact) mass is 269 g/mol. The highest BCUT2D eigenvalue weighted by atomic mass is 35.5. The molecule has 4 heteroatoms. The number of esters is 1. The summed E-state index contributed by atoms with van der Waals surface area (Å²) in [4.78, 5) is 11.4. The maximum absolute atomic E-state index is 11.4. The van der Waals surface area contributed by atoms with E-state index in [0.717, 1.165) is 37.8 Å². The van der Waals surface area contributed by atoms with E-state index in [-0.39, 0.29) is 5.97 Å². The van der Waals surface area contributed by atoms with Crippen LogP contribution in [0.15, 0.2) is 24.3 Å². The predicted octanol–water partition coefficient (Wildman–Crippen LogP) is 3.29. The number of carbonyl (C=O) groups is 1. The fourth-order valence-electron chi connectivity index (χ4n) is 1.58. The summed E-state index contributed by atoms with van der Waals surface area (Å²) in [5.41, 5.74) is 6.35. The Balaban J connectivity index is 2.11. The Kier molecular flexibility index (Phi) is 7.46. The molecule has 0 unspecified atom stereocenters. The number of benzene rings is 1. The Morgan fingerprint density at radius 1 is 1.11 bits per heavy atom. The Labute approximate surface area is 113 Å². The molecule has 100 valence electrons. The van der Waals surface area contributed by atoms with Crippen LogP contribution in [0.2, 0.25) is 5.02 Å². The Morgan fingerprint density at radius 3 is 2.44 bits per heavy atom. The first kappa shape index (κ1) is 15.0. The lowest BCUT2D eigenvalue weighted by atomic mass is 10.1. The Bertz CT molecular complexity index is 351. The molecule has 0 heterocycles. The number of unbranched alkanes of at least 4 members (excludes halogenated alkanes) is 3. The van der Waals surface area contributed by atoms with Crippen LogP contribution in [0.4, 0.5) is 0 Å². The zero-order chi connectivity index (χ0) is 13.2. The van der Waals surface area contributed by atoms with Crippen LogP contribution in [0.5, 0.6) is 0 Å². The van der Waals surface area contributed by atoms with Gasteiger partial charge in [0, 0.05) is 11.4 Å². The van der Waals surface area contributed by atoms with E-state index in [9.17, 15) is 4.79 Å². The molecule has 0 aliphatic heterocycles. The molecule has 0 bridgehead atoms. The molecule has 2 N–H and O–H groups in total. The SMILES string of the molecule is NCCCCCCC(=O)OCc1ccc(Cl)cc1. The molecule has 18 heavy (non-hydrogen) atoms. The van der Waals surface area contributed by atoms with Crippen molar-refractivity contribution in [3.05, 3.63) is 34.9 Å². The molecular weight excluding hydrogens is 250 g/mol. The third-order valence-corrected chi connectivity index (χ3v) is 2.90. The minimum atomic E-state index is -0.141. The van der Waals surface area contributed by atoms with Gasteiger partial charge in [-0.25, -0.2) is 0 Å². The van der Waals surface area contributed by atoms with Crippen molar-refractivity contribution in [1.82, 2.24) is 0 Å². The van der Waals surface area contributed by atoms with E-state index in [4.69, 9.17) is 22.1 Å². The molecule has 0 amide bonds. The van der Waals surface area contributed by atoms with Crippen molar-refractivity contribution >= 4 is 17.6 Å². The molecular formula is C14H20ClNO2. The number of carbonyl (C=O) groups excluding carboxylic acids is 1. The first-order chi connectivity index (χ1) is 8.72. The zero-order valence-electron chi connectivity index (χ0n) is 10.5. The lowest BCUT2D eigenvalue weighted by Crippen LogP contribution is -2.04. The fraction of sp³-hybridized carbons (Fsp3) is 0.500. The van der Waals surface area contributed by atoms with Crippen molar-refractivity contribution in [2.24, 2.45) is 5.73 Å². The molecule has 0 spiro atoms. The molecule has 1 aromatic rings. The summed E-state index contributed by atoms with van der Waals surface area (Å²) in [6.45, 7) is 1.04. The maximum Gasteiger partial charge on any atom is 0.306 e. The summed E-state index contributed by atoms with van der Waals surface area (Å²) in [7, 11) is 0. The molecule has 1 aromatic carbocycles. The third-order valence-electron chi connectivity index (χ3n) is 2.65. The lowest BCUT2D eigenvalue weighted by Gasteiger charge is -2.05. The van der Waals surface area contributed by atoms with Gasteiger partial charge in [0.1, 0.15) is 6.61 Å². The third kappa shape index (κ3) is 6.62. The summed E-state index contributed by atoms with van der Waals surface area (Å²) in [5, 5.41) is 0.685. The van der Waals surface area contributed by atoms with Crippen LogP contribution in [-0.2, 0) is 16.1 Å². The number of nitrogens with two attached hydrogens (primary N) is 1. The molecule has 0 aliphatic rings. The van der Waals surface area contributed by atoms with Gasteiger partial charge < -0.3 is 10.5 Å². The fourth-order valence-corrected chi connectivity index (χ4v) is 1.71. The van der Waals surface area contributed by atoms with E-state index < -0.39 is 0 Å². The highest BCUT2D eigenvalue weighted by Crippen LogP contribution is 2.11. The highest BCUT2D eigenvalue weighted by molar-refractivity contribution is 6.30. The van der Waals surface area contributed by atoms with E-state index in [1.807, 2.05) is 12.1 Å². The normalized spacial score (nSPS) is 10.3. The van der Waals surface area contributed by atoms with E-state index >= 15 is 0 Å². The predicted molar refractivity (Wildman–Crippen MR) is 73.4 cm³/mol. The van der Waals surface area contributed by atoms with E-state index in [1.165, 1.54) is 0 Å². The van der Waals surface area contributed by atoms with Gasteiger partial charge in [-0.05, 0) is 37.1 Å². The van der Waals surface area contributed by atoms with E-state index in [0.29, 0.717) is 18.1 Å². The summed E-state index contributed by atoms with van der Waals surface area (Å²) >= 11 is 5.77. The molecule has 0 aromatic heterocycles. The van der Waals surface area contributed by atoms with Crippen LogP contribution in [0, 0.1) is 0 Å². The van der Waals surface area contributed by atoms with Gasteiger partial charge in [0.25, 0.3) is 0 Å². The average Bonchev–Trinajstić information content (AvgIpc) is 2.38. The molecule has 0 saturated heterocycles. The second kappa shape index (κ2) is 8.95. The van der Waals surface area contributed by atoms with Crippen molar-refractivity contribution in [2.75, 3.05) is 6.54 Å². The number of hydrogen-bond donors (Lipinski definition) is 1. The summed E-state index contributed by atoms with van der Waals surface area (Å²) < 4.78 is 5.17. The minimum absolute atomic E-state index is 0.141. The molecule has 0 atom stereocenters. The number of halogens is 1. The summed E-state index contributed by atoms with van der Waals surface area (Å²) in [5.74, 6) is -0.141. The maximum atomic E-state index is 11.4. The highest BCUT2D eigenvalue weighted by Gasteiger charge is 2.03. The van der Waals surface area contributed by atoms with Crippen LogP contribution in [-0.4, -0.2) is 12.5 Å². The van der Waals surface area contributed by atoms with Gasteiger partial charge in [0.05, 0.1) is 0 Å². The smallest absolute Gasteiger partial charge is 0.306 e. The Morgan fingerprint density at radius 2 is 1.78 bits per heavy atom. The van der Waals surface area contributed by atoms with Crippen LogP contribution >= 0.6 is 11.6 Å². The number of ether oxygens (including phenoxy) is 1. The second-order valence-electron chi connectivity index (χ2n) is 4.24. The number of hydrogen-bond acceptors (Lipinski definition) is 3. The summed E-state index contributed by atoms with van der Waals surface area (Å²) in [6, 6.07) is 7.29. The Hall–Kier alpha value is -1.06. The quantitative estimate of drug-likeness (QED) is 0.582. The van der Waals surface area contributed by atoms with Gasteiger partial charge >= 0.3 is 5.97 Å². The van der Waals surface area contributed by atoms with Gasteiger partial charge in [-0.2, -0.15) is 0 Å². The number of rotatable bonds is 8. The van der Waals surface area contributed by atoms with Gasteiger partial charge in [0.2, 0.25) is 0 Å². The van der Waals surface area contributed by atoms with Crippen LogP contribution in [0.25, 0.3) is 0 Å². The van der Waals surface area contributed by atoms with Gasteiger partial charge in [0.15, 0.2) is 0 Å². The van der Waals surface area contributed by atoms with E-state index in [2.05, 4.69) is 0 Å².